The third kappa shape index (κ3) is 2.02. The van der Waals surface area contributed by atoms with Crippen molar-refractivity contribution < 1.29 is 0 Å². The smallest absolute Gasteiger partial charge is 0.234 e. The van der Waals surface area contributed by atoms with Crippen molar-refractivity contribution in [3.05, 3.63) is 53.0 Å². The molecular weight excluding hydrogens is 309 g/mol. The van der Waals surface area contributed by atoms with Crippen molar-refractivity contribution >= 4 is 40.0 Å². The maximum Gasteiger partial charge on any atom is 0.234 e. The van der Waals surface area contributed by atoms with Crippen LogP contribution < -0.4 is 0 Å². The number of nitrogens with zero attached hydrogens (tertiary/aromatic N) is 5. The Morgan fingerprint density at radius 3 is 2.57 bits per heavy atom. The van der Waals surface area contributed by atoms with Crippen LogP contribution in [0.15, 0.2) is 43.0 Å². The lowest BCUT2D eigenvalue weighted by atomic mass is 10.2. The summed E-state index contributed by atoms with van der Waals surface area (Å²) in [4.78, 5) is 17.4. The van der Waals surface area contributed by atoms with Crippen LogP contribution in [0.5, 0.6) is 0 Å². The Balaban J connectivity index is 1.96. The average Bonchev–Trinajstić information content (AvgIpc) is 2.92. The summed E-state index contributed by atoms with van der Waals surface area (Å²) in [5, 5.41) is 0.917. The van der Waals surface area contributed by atoms with E-state index in [0.29, 0.717) is 32.6 Å². The Morgan fingerprint density at radius 2 is 1.71 bits per heavy atom. The summed E-state index contributed by atoms with van der Waals surface area (Å²) in [5.41, 5.74) is 2.89. The number of fused-ring (bicyclic) bond motifs is 2. The topological polar surface area (TPSA) is 56.0 Å². The van der Waals surface area contributed by atoms with Crippen molar-refractivity contribution in [2.45, 2.75) is 0 Å². The van der Waals surface area contributed by atoms with Gasteiger partial charge in [0.2, 0.25) is 5.78 Å². The fourth-order valence-electron chi connectivity index (χ4n) is 2.15. The van der Waals surface area contributed by atoms with Gasteiger partial charge in [-0.2, -0.15) is 0 Å². The first-order valence-electron chi connectivity index (χ1n) is 6.12. The zero-order valence-corrected chi connectivity index (χ0v) is 12.0. The van der Waals surface area contributed by atoms with Gasteiger partial charge in [0.15, 0.2) is 0 Å². The summed E-state index contributed by atoms with van der Waals surface area (Å²) >= 11 is 12.0. The molecule has 0 saturated carbocycles. The van der Waals surface area contributed by atoms with E-state index in [0.717, 1.165) is 5.69 Å². The Hall–Kier alpha value is -2.24. The van der Waals surface area contributed by atoms with E-state index in [-0.39, 0.29) is 0 Å². The second-order valence-electron chi connectivity index (χ2n) is 4.44. The molecule has 21 heavy (non-hydrogen) atoms. The van der Waals surface area contributed by atoms with Crippen LogP contribution >= 0.6 is 23.2 Å². The fraction of sp³-hybridized carbons (Fsp3) is 0. The molecule has 1 aromatic carbocycles. The number of rotatable bonds is 1. The quantitative estimate of drug-likeness (QED) is 0.538. The average molecular weight is 316 g/mol. The molecule has 0 amide bonds. The standard InChI is InChI=1S/C14H7Cl2N5/c15-8-4-10-11(5-9(8)16)20-12(6-18-10)13-7-19-14-17-2-1-3-21(13)14/h1-7H. The molecule has 3 aromatic heterocycles. The monoisotopic (exact) mass is 315 g/mol. The normalized spacial score (nSPS) is 11.3. The molecule has 0 N–H and O–H groups in total. The second-order valence-corrected chi connectivity index (χ2v) is 5.26. The largest absolute Gasteiger partial charge is 0.282 e. The molecule has 4 aromatic rings. The van der Waals surface area contributed by atoms with Crippen LogP contribution in [0.25, 0.3) is 28.2 Å². The zero-order chi connectivity index (χ0) is 14.4. The van der Waals surface area contributed by atoms with Gasteiger partial charge in [0, 0.05) is 12.4 Å². The summed E-state index contributed by atoms with van der Waals surface area (Å²) in [6.07, 6.45) is 6.98. The molecule has 0 atom stereocenters. The van der Waals surface area contributed by atoms with Gasteiger partial charge >= 0.3 is 0 Å². The molecule has 0 saturated heterocycles. The van der Waals surface area contributed by atoms with Gasteiger partial charge in [-0.3, -0.25) is 9.38 Å². The number of hydrogen-bond donors (Lipinski definition) is 0. The maximum atomic E-state index is 6.03. The van der Waals surface area contributed by atoms with Crippen LogP contribution in [0, 0.1) is 0 Å². The van der Waals surface area contributed by atoms with E-state index in [1.54, 1.807) is 30.7 Å². The minimum absolute atomic E-state index is 0.454. The Bertz CT molecular complexity index is 980. The van der Waals surface area contributed by atoms with E-state index >= 15 is 0 Å². The first-order chi connectivity index (χ1) is 10.2. The molecule has 0 bridgehead atoms. The number of benzene rings is 1. The molecule has 0 fully saturated rings. The highest BCUT2D eigenvalue weighted by Crippen LogP contribution is 2.27. The van der Waals surface area contributed by atoms with E-state index in [9.17, 15) is 0 Å². The summed E-state index contributed by atoms with van der Waals surface area (Å²) in [7, 11) is 0. The molecule has 0 unspecified atom stereocenters. The lowest BCUT2D eigenvalue weighted by Gasteiger charge is -2.03. The molecule has 0 aliphatic carbocycles. The van der Waals surface area contributed by atoms with Crippen LogP contribution in [0.3, 0.4) is 0 Å². The highest BCUT2D eigenvalue weighted by Gasteiger charge is 2.10. The predicted octanol–water partition coefficient (Wildman–Crippen LogP) is 3.65. The third-order valence-electron chi connectivity index (χ3n) is 3.14. The number of aromatic nitrogens is 5. The molecule has 5 nitrogen and oxygen atoms in total. The van der Waals surface area contributed by atoms with E-state index in [2.05, 4.69) is 19.9 Å². The van der Waals surface area contributed by atoms with Crippen LogP contribution in [0.4, 0.5) is 0 Å². The van der Waals surface area contributed by atoms with E-state index in [1.165, 1.54) is 0 Å². The van der Waals surface area contributed by atoms with Crippen LogP contribution in [-0.4, -0.2) is 24.3 Å². The van der Waals surface area contributed by atoms with Crippen LogP contribution in [-0.2, 0) is 0 Å². The van der Waals surface area contributed by atoms with Gasteiger partial charge in [-0.05, 0) is 18.2 Å². The van der Waals surface area contributed by atoms with Crippen molar-refractivity contribution in [2.24, 2.45) is 0 Å². The summed E-state index contributed by atoms with van der Waals surface area (Å²) in [6.45, 7) is 0. The molecule has 0 aliphatic heterocycles. The van der Waals surface area contributed by atoms with Gasteiger partial charge in [-0.25, -0.2) is 15.0 Å². The molecular formula is C14H7Cl2N5. The van der Waals surface area contributed by atoms with Gasteiger partial charge in [0.05, 0.1) is 39.2 Å². The number of hydrogen-bond acceptors (Lipinski definition) is 4. The Labute approximate surface area is 129 Å². The third-order valence-corrected chi connectivity index (χ3v) is 3.86. The molecule has 3 heterocycles. The zero-order valence-electron chi connectivity index (χ0n) is 10.5. The van der Waals surface area contributed by atoms with E-state index in [1.807, 2.05) is 16.7 Å². The highest BCUT2D eigenvalue weighted by atomic mass is 35.5. The van der Waals surface area contributed by atoms with Gasteiger partial charge in [0.1, 0.15) is 5.69 Å². The lowest BCUT2D eigenvalue weighted by Crippen LogP contribution is -1.93. The van der Waals surface area contributed by atoms with Crippen LogP contribution in [0.2, 0.25) is 10.0 Å². The molecule has 7 heteroatoms. The molecule has 0 radical (unpaired) electrons. The highest BCUT2D eigenvalue weighted by molar-refractivity contribution is 6.42. The van der Waals surface area contributed by atoms with Crippen molar-refractivity contribution in [3.63, 3.8) is 0 Å². The number of imidazole rings is 1. The van der Waals surface area contributed by atoms with Gasteiger partial charge in [-0.1, -0.05) is 23.2 Å². The Morgan fingerprint density at radius 1 is 0.905 bits per heavy atom. The SMILES string of the molecule is Clc1cc2ncc(-c3cnc4ncccn34)nc2cc1Cl. The van der Waals surface area contributed by atoms with Crippen molar-refractivity contribution in [3.8, 4) is 11.4 Å². The minimum Gasteiger partial charge on any atom is -0.282 e. The minimum atomic E-state index is 0.454. The summed E-state index contributed by atoms with van der Waals surface area (Å²) < 4.78 is 1.85. The van der Waals surface area contributed by atoms with Crippen molar-refractivity contribution in [1.82, 2.24) is 24.3 Å². The first-order valence-corrected chi connectivity index (χ1v) is 6.88. The van der Waals surface area contributed by atoms with Gasteiger partial charge in [0.25, 0.3) is 0 Å². The molecule has 4 rings (SSSR count). The first kappa shape index (κ1) is 12.5. The van der Waals surface area contributed by atoms with E-state index < -0.39 is 0 Å². The predicted molar refractivity (Wildman–Crippen MR) is 81.5 cm³/mol. The second kappa shape index (κ2) is 4.65. The van der Waals surface area contributed by atoms with Gasteiger partial charge in [-0.15, -0.1) is 0 Å². The molecule has 0 spiro atoms. The molecule has 0 aliphatic rings. The van der Waals surface area contributed by atoms with Crippen molar-refractivity contribution in [2.75, 3.05) is 0 Å². The summed E-state index contributed by atoms with van der Waals surface area (Å²) in [6, 6.07) is 5.24. The Kier molecular flexibility index (Phi) is 2.77. The van der Waals surface area contributed by atoms with Crippen molar-refractivity contribution in [1.29, 1.82) is 0 Å². The van der Waals surface area contributed by atoms with Gasteiger partial charge < -0.3 is 0 Å². The summed E-state index contributed by atoms with van der Waals surface area (Å²) in [5.74, 6) is 0.614. The lowest BCUT2D eigenvalue weighted by molar-refractivity contribution is 1.10. The number of halogens is 2. The molecule has 102 valence electrons. The van der Waals surface area contributed by atoms with Crippen LogP contribution in [0.1, 0.15) is 0 Å². The van der Waals surface area contributed by atoms with E-state index in [4.69, 9.17) is 23.2 Å². The fourth-order valence-corrected chi connectivity index (χ4v) is 2.46. The maximum absolute atomic E-state index is 6.03.